The van der Waals surface area contributed by atoms with E-state index in [0.29, 0.717) is 12.1 Å². The molecule has 0 aliphatic heterocycles. The molecular weight excluding hydrogens is 303 g/mol. The number of hydrogen-bond acceptors (Lipinski definition) is 3. The van der Waals surface area contributed by atoms with Gasteiger partial charge in [0.2, 0.25) is 0 Å². The molecule has 0 heterocycles. The van der Waals surface area contributed by atoms with Gasteiger partial charge in [-0.3, -0.25) is 0 Å². The Hall–Kier alpha value is -1.24. The van der Waals surface area contributed by atoms with E-state index in [1.807, 2.05) is 6.92 Å². The zero-order chi connectivity index (χ0) is 16.3. The molecule has 0 aliphatic rings. The van der Waals surface area contributed by atoms with Gasteiger partial charge in [-0.05, 0) is 44.4 Å². The predicted octanol–water partition coefficient (Wildman–Crippen LogP) is 3.93. The van der Waals surface area contributed by atoms with Crippen molar-refractivity contribution < 1.29 is 21.6 Å². The molecule has 120 valence electrons. The van der Waals surface area contributed by atoms with Crippen LogP contribution in [0.3, 0.4) is 0 Å². The van der Waals surface area contributed by atoms with Crippen LogP contribution in [0.5, 0.6) is 0 Å². The molecule has 1 atom stereocenters. The van der Waals surface area contributed by atoms with Crippen molar-refractivity contribution in [2.24, 2.45) is 0 Å². The fraction of sp³-hybridized carbons (Fsp3) is 0.571. The van der Waals surface area contributed by atoms with Gasteiger partial charge in [0.25, 0.3) is 0 Å². The third-order valence-electron chi connectivity index (χ3n) is 3.14. The lowest BCUT2D eigenvalue weighted by atomic mass is 10.1. The van der Waals surface area contributed by atoms with Crippen LogP contribution in [0.1, 0.15) is 31.7 Å². The molecule has 3 nitrogen and oxygen atoms in total. The maximum Gasteiger partial charge on any atom is 0.389 e. The maximum atomic E-state index is 12.1. The van der Waals surface area contributed by atoms with Gasteiger partial charge in [0, 0.05) is 24.4 Å². The minimum atomic E-state index is -4.13. The summed E-state index contributed by atoms with van der Waals surface area (Å²) in [6.45, 7) is 3.60. The van der Waals surface area contributed by atoms with Crippen LogP contribution >= 0.6 is 0 Å². The lowest BCUT2D eigenvalue weighted by Gasteiger charge is -2.18. The molecule has 0 radical (unpaired) electrons. The molecule has 7 heteroatoms. The lowest BCUT2D eigenvalue weighted by molar-refractivity contribution is -0.135. The molecule has 0 bridgehead atoms. The second-order valence-electron chi connectivity index (χ2n) is 5.30. The number of anilines is 1. The molecule has 1 aromatic carbocycles. The number of rotatable bonds is 6. The summed E-state index contributed by atoms with van der Waals surface area (Å²) in [7, 11) is -3.30. The van der Waals surface area contributed by atoms with E-state index in [1.54, 1.807) is 13.0 Å². The van der Waals surface area contributed by atoms with E-state index < -0.39 is 22.4 Å². The van der Waals surface area contributed by atoms with Crippen LogP contribution in [0.15, 0.2) is 23.1 Å². The first-order chi connectivity index (χ1) is 9.49. The van der Waals surface area contributed by atoms with Gasteiger partial charge in [0.1, 0.15) is 0 Å². The van der Waals surface area contributed by atoms with Gasteiger partial charge >= 0.3 is 6.18 Å². The maximum absolute atomic E-state index is 12.1. The lowest BCUT2D eigenvalue weighted by Crippen LogP contribution is -2.17. The minimum Gasteiger partial charge on any atom is -0.382 e. The molecule has 1 aromatic rings. The molecule has 0 aromatic heterocycles. The molecule has 0 aliphatic carbocycles. The Morgan fingerprint density at radius 1 is 1.29 bits per heavy atom. The van der Waals surface area contributed by atoms with Crippen molar-refractivity contribution >= 4 is 15.5 Å². The summed E-state index contributed by atoms with van der Waals surface area (Å²) in [5.41, 5.74) is 1.49. The molecule has 1 rings (SSSR count). The SMILES string of the molecule is Cc1ccc(S(C)(=O)=O)cc1NC(C)CCCC(F)(F)F. The van der Waals surface area contributed by atoms with Gasteiger partial charge in [0.05, 0.1) is 4.90 Å². The van der Waals surface area contributed by atoms with Gasteiger partial charge in [-0.15, -0.1) is 0 Å². The number of benzene rings is 1. The van der Waals surface area contributed by atoms with Crippen LogP contribution in [0, 0.1) is 6.92 Å². The molecule has 1 N–H and O–H groups in total. The average molecular weight is 323 g/mol. The number of hydrogen-bond donors (Lipinski definition) is 1. The van der Waals surface area contributed by atoms with Crippen molar-refractivity contribution in [3.63, 3.8) is 0 Å². The summed E-state index contributed by atoms with van der Waals surface area (Å²) in [6, 6.07) is 4.55. The molecule has 1 unspecified atom stereocenters. The van der Waals surface area contributed by atoms with E-state index in [4.69, 9.17) is 0 Å². The third kappa shape index (κ3) is 6.37. The summed E-state index contributed by atoms with van der Waals surface area (Å²) in [5, 5.41) is 3.08. The van der Waals surface area contributed by atoms with Crippen LogP contribution in [-0.4, -0.2) is 26.9 Å². The standard InChI is InChI=1S/C14H20F3NO2S/c1-10-6-7-12(21(3,19)20)9-13(10)18-11(2)5-4-8-14(15,16)17/h6-7,9,11,18H,4-5,8H2,1-3H3. The van der Waals surface area contributed by atoms with Crippen LogP contribution in [0.4, 0.5) is 18.9 Å². The number of sulfone groups is 1. The van der Waals surface area contributed by atoms with Crippen molar-refractivity contribution in [2.45, 2.75) is 50.2 Å². The fourth-order valence-corrected chi connectivity index (χ4v) is 2.58. The van der Waals surface area contributed by atoms with Crippen LogP contribution in [-0.2, 0) is 9.84 Å². The van der Waals surface area contributed by atoms with Gasteiger partial charge in [-0.2, -0.15) is 13.2 Å². The number of alkyl halides is 3. The average Bonchev–Trinajstić information content (AvgIpc) is 2.28. The first kappa shape index (κ1) is 17.8. The number of nitrogens with one attached hydrogen (secondary N) is 1. The first-order valence-electron chi connectivity index (χ1n) is 6.63. The molecule has 0 amide bonds. The molecule has 0 saturated heterocycles. The Kier molecular flexibility index (Phi) is 5.67. The predicted molar refractivity (Wildman–Crippen MR) is 77.3 cm³/mol. The Morgan fingerprint density at radius 3 is 2.43 bits per heavy atom. The van der Waals surface area contributed by atoms with E-state index in [9.17, 15) is 21.6 Å². The second-order valence-corrected chi connectivity index (χ2v) is 7.32. The number of aryl methyl sites for hydroxylation is 1. The van der Waals surface area contributed by atoms with Gasteiger partial charge in [-0.1, -0.05) is 6.07 Å². The normalized spacial score (nSPS) is 14.0. The van der Waals surface area contributed by atoms with Gasteiger partial charge in [0.15, 0.2) is 9.84 Å². The summed E-state index contributed by atoms with van der Waals surface area (Å²) in [4.78, 5) is 0.193. The molecule has 0 fully saturated rings. The van der Waals surface area contributed by atoms with Crippen molar-refractivity contribution in [2.75, 3.05) is 11.6 Å². The Labute approximate surface area is 123 Å². The summed E-state index contributed by atoms with van der Waals surface area (Å²) in [6.07, 6.45) is -3.41. The Morgan fingerprint density at radius 2 is 1.90 bits per heavy atom. The molecule has 0 saturated carbocycles. The van der Waals surface area contributed by atoms with E-state index in [2.05, 4.69) is 5.32 Å². The highest BCUT2D eigenvalue weighted by molar-refractivity contribution is 7.90. The van der Waals surface area contributed by atoms with Crippen LogP contribution in [0.25, 0.3) is 0 Å². The number of halogens is 3. The Bertz CT molecular complexity index is 582. The molecule has 21 heavy (non-hydrogen) atoms. The van der Waals surface area contributed by atoms with Gasteiger partial charge < -0.3 is 5.32 Å². The van der Waals surface area contributed by atoms with Crippen LogP contribution in [0.2, 0.25) is 0 Å². The van der Waals surface area contributed by atoms with Gasteiger partial charge in [-0.25, -0.2) is 8.42 Å². The van der Waals surface area contributed by atoms with Crippen molar-refractivity contribution in [3.05, 3.63) is 23.8 Å². The van der Waals surface area contributed by atoms with E-state index in [1.165, 1.54) is 12.1 Å². The first-order valence-corrected chi connectivity index (χ1v) is 8.52. The van der Waals surface area contributed by atoms with Crippen LogP contribution < -0.4 is 5.32 Å². The zero-order valence-corrected chi connectivity index (χ0v) is 13.1. The highest BCUT2D eigenvalue weighted by Gasteiger charge is 2.26. The summed E-state index contributed by atoms with van der Waals surface area (Å²) < 4.78 is 59.3. The zero-order valence-electron chi connectivity index (χ0n) is 12.3. The van der Waals surface area contributed by atoms with E-state index >= 15 is 0 Å². The molecule has 0 spiro atoms. The van der Waals surface area contributed by atoms with Crippen molar-refractivity contribution in [1.82, 2.24) is 0 Å². The molecular formula is C14H20F3NO2S. The summed E-state index contributed by atoms with van der Waals surface area (Å²) >= 11 is 0. The minimum absolute atomic E-state index is 0.0441. The third-order valence-corrected chi connectivity index (χ3v) is 4.25. The van der Waals surface area contributed by atoms with E-state index in [-0.39, 0.29) is 17.4 Å². The van der Waals surface area contributed by atoms with E-state index in [0.717, 1.165) is 11.8 Å². The largest absolute Gasteiger partial charge is 0.389 e. The quantitative estimate of drug-likeness (QED) is 0.863. The fourth-order valence-electron chi connectivity index (χ4n) is 1.93. The highest BCUT2D eigenvalue weighted by atomic mass is 32.2. The van der Waals surface area contributed by atoms with Crippen molar-refractivity contribution in [3.8, 4) is 0 Å². The monoisotopic (exact) mass is 323 g/mol. The van der Waals surface area contributed by atoms with Crippen molar-refractivity contribution in [1.29, 1.82) is 0 Å². The highest BCUT2D eigenvalue weighted by Crippen LogP contribution is 2.25. The summed E-state index contributed by atoms with van der Waals surface area (Å²) in [5.74, 6) is 0. The Balaban J connectivity index is 2.70. The second kappa shape index (κ2) is 6.68. The topological polar surface area (TPSA) is 46.2 Å². The smallest absolute Gasteiger partial charge is 0.382 e.